The molecule has 5 heteroatoms. The minimum Gasteiger partial charge on any atom is -0.495 e. The molecule has 1 atom stereocenters. The Hall–Kier alpha value is -2.04. The third-order valence-corrected chi connectivity index (χ3v) is 3.85. The van der Waals surface area contributed by atoms with Crippen LogP contribution >= 0.6 is 0 Å². The van der Waals surface area contributed by atoms with Crippen LogP contribution in [0.25, 0.3) is 0 Å². The van der Waals surface area contributed by atoms with Crippen molar-refractivity contribution in [3.8, 4) is 5.75 Å². The van der Waals surface area contributed by atoms with Crippen molar-refractivity contribution in [2.75, 3.05) is 25.5 Å². The van der Waals surface area contributed by atoms with Crippen LogP contribution in [-0.4, -0.2) is 36.9 Å². The van der Waals surface area contributed by atoms with Gasteiger partial charge >= 0.3 is 0 Å². The number of nitrogens with one attached hydrogen (secondary N) is 1. The third-order valence-electron chi connectivity index (χ3n) is 3.85. The molecule has 0 unspecified atom stereocenters. The summed E-state index contributed by atoms with van der Waals surface area (Å²) >= 11 is 0. The van der Waals surface area contributed by atoms with E-state index in [1.807, 2.05) is 25.1 Å². The molecule has 0 aliphatic carbocycles. The summed E-state index contributed by atoms with van der Waals surface area (Å²) in [7, 11) is 1.58. The van der Waals surface area contributed by atoms with Gasteiger partial charge in [0.15, 0.2) is 0 Å². The van der Waals surface area contributed by atoms with E-state index in [0.717, 1.165) is 24.9 Å². The number of methoxy groups -OCH3 is 1. The Balaban J connectivity index is 2.07. The summed E-state index contributed by atoms with van der Waals surface area (Å²) < 4.78 is 5.27. The van der Waals surface area contributed by atoms with Gasteiger partial charge in [-0.3, -0.25) is 9.59 Å². The van der Waals surface area contributed by atoms with Crippen LogP contribution in [0.2, 0.25) is 0 Å². The predicted molar refractivity (Wildman–Crippen MR) is 81.3 cm³/mol. The van der Waals surface area contributed by atoms with E-state index >= 15 is 0 Å². The largest absolute Gasteiger partial charge is 0.495 e. The Morgan fingerprint density at radius 3 is 2.81 bits per heavy atom. The van der Waals surface area contributed by atoms with Gasteiger partial charge in [-0.2, -0.15) is 0 Å². The molecule has 114 valence electrons. The standard InChI is InChI=1S/C16H22N2O3/c1-11-6-7-15(21-3)14(9-11)17-16(20)13-5-4-8-18(10-13)12(2)19/h6-7,9,13H,4-5,8,10H2,1-3H3,(H,17,20)/t13-/m1/s1. The van der Waals surface area contributed by atoms with Crippen LogP contribution in [0, 0.1) is 12.8 Å². The number of piperidine rings is 1. The van der Waals surface area contributed by atoms with Crippen molar-refractivity contribution in [2.45, 2.75) is 26.7 Å². The van der Waals surface area contributed by atoms with Crippen molar-refractivity contribution in [2.24, 2.45) is 5.92 Å². The molecule has 5 nitrogen and oxygen atoms in total. The maximum absolute atomic E-state index is 12.4. The minimum absolute atomic E-state index is 0.0284. The summed E-state index contributed by atoms with van der Waals surface area (Å²) in [6.07, 6.45) is 1.67. The van der Waals surface area contributed by atoms with Crippen LogP contribution in [0.15, 0.2) is 18.2 Å². The Bertz CT molecular complexity index is 542. The van der Waals surface area contributed by atoms with Gasteiger partial charge in [-0.25, -0.2) is 0 Å². The lowest BCUT2D eigenvalue weighted by Crippen LogP contribution is -2.42. The second-order valence-corrected chi connectivity index (χ2v) is 5.50. The van der Waals surface area contributed by atoms with Crippen molar-refractivity contribution in [3.63, 3.8) is 0 Å². The number of rotatable bonds is 3. The molecule has 1 N–H and O–H groups in total. The second kappa shape index (κ2) is 6.61. The van der Waals surface area contributed by atoms with Crippen molar-refractivity contribution in [1.29, 1.82) is 0 Å². The maximum atomic E-state index is 12.4. The number of aryl methyl sites for hydroxylation is 1. The summed E-state index contributed by atoms with van der Waals surface area (Å²) in [5.74, 6) is 0.464. The first-order valence-electron chi connectivity index (χ1n) is 7.22. The number of benzene rings is 1. The lowest BCUT2D eigenvalue weighted by atomic mass is 9.97. The summed E-state index contributed by atoms with van der Waals surface area (Å²) in [6, 6.07) is 5.67. The van der Waals surface area contributed by atoms with Crippen molar-refractivity contribution in [1.82, 2.24) is 4.90 Å². The fourth-order valence-electron chi connectivity index (χ4n) is 2.63. The molecule has 1 heterocycles. The quantitative estimate of drug-likeness (QED) is 0.928. The first-order chi connectivity index (χ1) is 10.0. The highest BCUT2D eigenvalue weighted by Crippen LogP contribution is 2.27. The molecular formula is C16H22N2O3. The second-order valence-electron chi connectivity index (χ2n) is 5.50. The molecule has 21 heavy (non-hydrogen) atoms. The Labute approximate surface area is 125 Å². The van der Waals surface area contributed by atoms with Gasteiger partial charge in [0, 0.05) is 20.0 Å². The first-order valence-corrected chi connectivity index (χ1v) is 7.22. The lowest BCUT2D eigenvalue weighted by Gasteiger charge is -2.31. The van der Waals surface area contributed by atoms with E-state index in [2.05, 4.69) is 5.32 Å². The highest BCUT2D eigenvalue weighted by Gasteiger charge is 2.27. The molecule has 2 amide bonds. The summed E-state index contributed by atoms with van der Waals surface area (Å²) in [6.45, 7) is 4.75. The average molecular weight is 290 g/mol. The molecule has 1 aliphatic heterocycles. The smallest absolute Gasteiger partial charge is 0.229 e. The summed E-state index contributed by atoms with van der Waals surface area (Å²) in [5, 5.41) is 2.93. The van der Waals surface area contributed by atoms with Gasteiger partial charge in [-0.05, 0) is 37.5 Å². The van der Waals surface area contributed by atoms with E-state index in [1.54, 1.807) is 18.9 Å². The fourth-order valence-corrected chi connectivity index (χ4v) is 2.63. The van der Waals surface area contributed by atoms with Gasteiger partial charge in [-0.1, -0.05) is 6.07 Å². The number of likely N-dealkylation sites (tertiary alicyclic amines) is 1. The highest BCUT2D eigenvalue weighted by atomic mass is 16.5. The van der Waals surface area contributed by atoms with E-state index in [0.29, 0.717) is 18.0 Å². The molecule has 1 aromatic carbocycles. The van der Waals surface area contributed by atoms with E-state index in [4.69, 9.17) is 4.74 Å². The minimum atomic E-state index is -0.159. The molecule has 0 bridgehead atoms. The van der Waals surface area contributed by atoms with Crippen LogP contribution in [0.5, 0.6) is 5.75 Å². The highest BCUT2D eigenvalue weighted by molar-refractivity contribution is 5.94. The molecule has 0 spiro atoms. The zero-order valence-electron chi connectivity index (χ0n) is 12.8. The Kier molecular flexibility index (Phi) is 4.83. The van der Waals surface area contributed by atoms with Crippen LogP contribution < -0.4 is 10.1 Å². The number of hydrogen-bond donors (Lipinski definition) is 1. The van der Waals surface area contributed by atoms with Gasteiger partial charge in [-0.15, -0.1) is 0 Å². The van der Waals surface area contributed by atoms with Crippen LogP contribution in [-0.2, 0) is 9.59 Å². The predicted octanol–water partition coefficient (Wildman–Crippen LogP) is 2.20. The van der Waals surface area contributed by atoms with Crippen LogP contribution in [0.1, 0.15) is 25.3 Å². The van der Waals surface area contributed by atoms with Gasteiger partial charge < -0.3 is 15.0 Å². The average Bonchev–Trinajstić information content (AvgIpc) is 2.47. The molecule has 2 rings (SSSR count). The fraction of sp³-hybridized carbons (Fsp3) is 0.500. The molecule has 0 radical (unpaired) electrons. The van der Waals surface area contributed by atoms with Gasteiger partial charge in [0.05, 0.1) is 18.7 Å². The SMILES string of the molecule is COc1ccc(C)cc1NC(=O)[C@@H]1CCCN(C(C)=O)C1. The lowest BCUT2D eigenvalue weighted by molar-refractivity contribution is -0.132. The van der Waals surface area contributed by atoms with Crippen LogP contribution in [0.3, 0.4) is 0 Å². The molecule has 1 fully saturated rings. The topological polar surface area (TPSA) is 58.6 Å². The van der Waals surface area contributed by atoms with E-state index in [-0.39, 0.29) is 17.7 Å². The molecule has 1 aliphatic rings. The molecular weight excluding hydrogens is 268 g/mol. The van der Waals surface area contributed by atoms with Gasteiger partial charge in [0.1, 0.15) is 5.75 Å². The zero-order chi connectivity index (χ0) is 15.4. The number of hydrogen-bond acceptors (Lipinski definition) is 3. The monoisotopic (exact) mass is 290 g/mol. The first kappa shape index (κ1) is 15.4. The number of ether oxygens (including phenoxy) is 1. The summed E-state index contributed by atoms with van der Waals surface area (Å²) in [5.41, 5.74) is 1.74. The van der Waals surface area contributed by atoms with Crippen molar-refractivity contribution in [3.05, 3.63) is 23.8 Å². The number of nitrogens with zero attached hydrogens (tertiary/aromatic N) is 1. The molecule has 0 saturated carbocycles. The van der Waals surface area contributed by atoms with E-state index in [1.165, 1.54) is 0 Å². The molecule has 0 aromatic heterocycles. The van der Waals surface area contributed by atoms with Crippen LogP contribution in [0.4, 0.5) is 5.69 Å². The maximum Gasteiger partial charge on any atom is 0.229 e. The molecule has 1 aromatic rings. The number of anilines is 1. The Morgan fingerprint density at radius 2 is 2.14 bits per heavy atom. The third kappa shape index (κ3) is 3.74. The molecule has 1 saturated heterocycles. The van der Waals surface area contributed by atoms with E-state index < -0.39 is 0 Å². The number of carbonyl (C=O) groups is 2. The zero-order valence-corrected chi connectivity index (χ0v) is 12.8. The van der Waals surface area contributed by atoms with Gasteiger partial charge in [0.2, 0.25) is 11.8 Å². The Morgan fingerprint density at radius 1 is 1.38 bits per heavy atom. The normalized spacial score (nSPS) is 18.2. The van der Waals surface area contributed by atoms with Crippen molar-refractivity contribution < 1.29 is 14.3 Å². The van der Waals surface area contributed by atoms with Crippen molar-refractivity contribution >= 4 is 17.5 Å². The number of amides is 2. The number of carbonyl (C=O) groups excluding carboxylic acids is 2. The van der Waals surface area contributed by atoms with E-state index in [9.17, 15) is 9.59 Å². The van der Waals surface area contributed by atoms with Gasteiger partial charge in [0.25, 0.3) is 0 Å². The summed E-state index contributed by atoms with van der Waals surface area (Å²) in [4.78, 5) is 25.6.